The number of carbonyl (C=O) groups excluding carboxylic acids is 1. The Labute approximate surface area is 170 Å². The van der Waals surface area contributed by atoms with Gasteiger partial charge in [0.25, 0.3) is 5.56 Å². The fourth-order valence-electron chi connectivity index (χ4n) is 3.85. The van der Waals surface area contributed by atoms with Crippen molar-refractivity contribution in [3.8, 4) is 0 Å². The largest absolute Gasteiger partial charge is 0.355 e. The second kappa shape index (κ2) is 8.60. The maximum Gasteiger partial charge on any atom is 0.261 e. The van der Waals surface area contributed by atoms with Crippen LogP contribution in [0, 0.1) is 0 Å². The van der Waals surface area contributed by atoms with E-state index in [1.165, 1.54) is 5.56 Å². The third-order valence-electron chi connectivity index (χ3n) is 5.68. The molecule has 1 aliphatic carbocycles. The van der Waals surface area contributed by atoms with Gasteiger partial charge in [0, 0.05) is 31.3 Å². The summed E-state index contributed by atoms with van der Waals surface area (Å²) in [5.41, 5.74) is 1.97. The van der Waals surface area contributed by atoms with Crippen molar-refractivity contribution in [1.82, 2.24) is 14.9 Å². The molecule has 5 nitrogen and oxygen atoms in total. The first-order chi connectivity index (χ1) is 14.2. The number of fused-ring (bicyclic) bond motifs is 1. The van der Waals surface area contributed by atoms with Crippen LogP contribution in [0.15, 0.2) is 59.4 Å². The third-order valence-corrected chi connectivity index (χ3v) is 5.68. The van der Waals surface area contributed by atoms with Crippen molar-refractivity contribution < 1.29 is 4.79 Å². The number of nitrogens with one attached hydrogen (secondary N) is 1. The van der Waals surface area contributed by atoms with Gasteiger partial charge < -0.3 is 5.32 Å². The molecule has 1 heterocycles. The van der Waals surface area contributed by atoms with Crippen LogP contribution in [0.2, 0.25) is 0 Å². The molecule has 29 heavy (non-hydrogen) atoms. The van der Waals surface area contributed by atoms with Gasteiger partial charge >= 0.3 is 0 Å². The van der Waals surface area contributed by atoms with E-state index in [1.54, 1.807) is 0 Å². The highest BCUT2D eigenvalue weighted by Gasteiger charge is 2.28. The maximum absolute atomic E-state index is 12.9. The van der Waals surface area contributed by atoms with E-state index < -0.39 is 0 Å². The number of para-hydroxylation sites is 1. The number of amides is 1. The Morgan fingerprint density at radius 2 is 1.86 bits per heavy atom. The van der Waals surface area contributed by atoms with Gasteiger partial charge in [0.15, 0.2) is 0 Å². The van der Waals surface area contributed by atoms with Crippen LogP contribution >= 0.6 is 0 Å². The van der Waals surface area contributed by atoms with Gasteiger partial charge in [0.1, 0.15) is 5.82 Å². The predicted molar refractivity (Wildman–Crippen MR) is 115 cm³/mol. The molecule has 4 rings (SSSR count). The zero-order chi connectivity index (χ0) is 20.2. The summed E-state index contributed by atoms with van der Waals surface area (Å²) < 4.78 is 1.81. The standard InChI is InChI=1S/C24H27N3O2/c1-2-17(18-8-4-3-5-9-18)16-25-23(28)15-14-22-26-21-11-7-6-10-20(21)24(29)27(22)19-12-13-19/h3-11,17,19H,2,12-16H2,1H3,(H,25,28). The zero-order valence-electron chi connectivity index (χ0n) is 16.8. The fourth-order valence-corrected chi connectivity index (χ4v) is 3.85. The highest BCUT2D eigenvalue weighted by molar-refractivity contribution is 5.78. The summed E-state index contributed by atoms with van der Waals surface area (Å²) in [6, 6.07) is 18.0. The number of nitrogens with zero attached hydrogens (tertiary/aromatic N) is 2. The molecule has 1 aromatic heterocycles. The normalized spacial score (nSPS) is 14.7. The zero-order valence-corrected chi connectivity index (χ0v) is 16.8. The van der Waals surface area contributed by atoms with Crippen molar-refractivity contribution in [1.29, 1.82) is 0 Å². The van der Waals surface area contributed by atoms with Crippen molar-refractivity contribution in [2.45, 2.75) is 51.0 Å². The Hall–Kier alpha value is -2.95. The number of benzene rings is 2. The predicted octanol–water partition coefficient (Wildman–Crippen LogP) is 3.97. The molecule has 1 atom stereocenters. The van der Waals surface area contributed by atoms with Crippen molar-refractivity contribution in [3.63, 3.8) is 0 Å². The molecule has 1 N–H and O–H groups in total. The van der Waals surface area contributed by atoms with Crippen LogP contribution < -0.4 is 10.9 Å². The van der Waals surface area contributed by atoms with E-state index in [-0.39, 0.29) is 17.5 Å². The second-order valence-electron chi connectivity index (χ2n) is 7.77. The van der Waals surface area contributed by atoms with Gasteiger partial charge in [-0.15, -0.1) is 0 Å². The summed E-state index contributed by atoms with van der Waals surface area (Å²) in [7, 11) is 0. The van der Waals surface area contributed by atoms with Gasteiger partial charge in [-0.25, -0.2) is 4.98 Å². The van der Waals surface area contributed by atoms with Gasteiger partial charge in [0.05, 0.1) is 10.9 Å². The minimum Gasteiger partial charge on any atom is -0.355 e. The molecule has 0 spiro atoms. The first-order valence-corrected chi connectivity index (χ1v) is 10.5. The van der Waals surface area contributed by atoms with E-state index in [0.717, 1.165) is 25.1 Å². The van der Waals surface area contributed by atoms with Gasteiger partial charge in [0.2, 0.25) is 5.91 Å². The van der Waals surface area contributed by atoms with Crippen molar-refractivity contribution in [3.05, 3.63) is 76.3 Å². The summed E-state index contributed by atoms with van der Waals surface area (Å²) in [4.78, 5) is 30.1. The number of rotatable bonds is 8. The molecule has 1 amide bonds. The summed E-state index contributed by atoms with van der Waals surface area (Å²) in [5.74, 6) is 1.04. The fraction of sp³-hybridized carbons (Fsp3) is 0.375. The first kappa shape index (κ1) is 19.4. The van der Waals surface area contributed by atoms with Gasteiger partial charge in [-0.3, -0.25) is 14.2 Å². The summed E-state index contributed by atoms with van der Waals surface area (Å²) in [6.07, 6.45) is 3.80. The number of hydrogen-bond donors (Lipinski definition) is 1. The molecule has 0 aliphatic heterocycles. The van der Waals surface area contributed by atoms with Gasteiger partial charge in [-0.2, -0.15) is 0 Å². The van der Waals surface area contributed by atoms with E-state index in [0.29, 0.717) is 36.2 Å². The minimum atomic E-state index is 0.00383. The van der Waals surface area contributed by atoms with Crippen LogP contribution in [0.1, 0.15) is 56.0 Å². The van der Waals surface area contributed by atoms with E-state index in [9.17, 15) is 9.59 Å². The average Bonchev–Trinajstić information content (AvgIpc) is 3.58. The highest BCUT2D eigenvalue weighted by atomic mass is 16.1. The molecule has 150 valence electrons. The highest BCUT2D eigenvalue weighted by Crippen LogP contribution is 2.34. The number of aryl methyl sites for hydroxylation is 1. The van der Waals surface area contributed by atoms with Crippen LogP contribution in [0.5, 0.6) is 0 Å². The van der Waals surface area contributed by atoms with E-state index >= 15 is 0 Å². The molecule has 1 aliphatic rings. The topological polar surface area (TPSA) is 64.0 Å². The average molecular weight is 389 g/mol. The smallest absolute Gasteiger partial charge is 0.261 e. The Morgan fingerprint density at radius 1 is 1.14 bits per heavy atom. The quantitative estimate of drug-likeness (QED) is 0.634. The lowest BCUT2D eigenvalue weighted by molar-refractivity contribution is -0.121. The van der Waals surface area contributed by atoms with Crippen molar-refractivity contribution in [2.24, 2.45) is 0 Å². The molecule has 0 bridgehead atoms. The molecule has 5 heteroatoms. The monoisotopic (exact) mass is 389 g/mol. The summed E-state index contributed by atoms with van der Waals surface area (Å²) in [6.45, 7) is 2.76. The number of aromatic nitrogens is 2. The number of carbonyl (C=O) groups is 1. The van der Waals surface area contributed by atoms with Crippen LogP contribution in [0.3, 0.4) is 0 Å². The van der Waals surface area contributed by atoms with E-state index in [1.807, 2.05) is 47.0 Å². The van der Waals surface area contributed by atoms with Crippen LogP contribution in [-0.2, 0) is 11.2 Å². The molecule has 3 aromatic rings. The lowest BCUT2D eigenvalue weighted by Crippen LogP contribution is -2.30. The van der Waals surface area contributed by atoms with Gasteiger partial charge in [-0.1, -0.05) is 49.4 Å². The molecule has 0 radical (unpaired) electrons. The second-order valence-corrected chi connectivity index (χ2v) is 7.77. The summed E-state index contributed by atoms with van der Waals surface area (Å²) in [5, 5.41) is 3.72. The lowest BCUT2D eigenvalue weighted by atomic mass is 9.96. The minimum absolute atomic E-state index is 0.00383. The Morgan fingerprint density at radius 3 is 2.59 bits per heavy atom. The molecule has 1 unspecified atom stereocenters. The van der Waals surface area contributed by atoms with E-state index in [4.69, 9.17) is 4.98 Å². The maximum atomic E-state index is 12.9. The van der Waals surface area contributed by atoms with Crippen LogP contribution in [-0.4, -0.2) is 22.0 Å². The van der Waals surface area contributed by atoms with Crippen LogP contribution in [0.25, 0.3) is 10.9 Å². The molecular weight excluding hydrogens is 362 g/mol. The molecule has 0 saturated heterocycles. The Balaban J connectivity index is 1.43. The van der Waals surface area contributed by atoms with Crippen molar-refractivity contribution >= 4 is 16.8 Å². The third kappa shape index (κ3) is 4.39. The van der Waals surface area contributed by atoms with E-state index in [2.05, 4.69) is 24.4 Å². The van der Waals surface area contributed by atoms with Gasteiger partial charge in [-0.05, 0) is 37.0 Å². The molecule has 2 aromatic carbocycles. The molecule has 1 saturated carbocycles. The molecule has 1 fully saturated rings. The van der Waals surface area contributed by atoms with Crippen LogP contribution in [0.4, 0.5) is 0 Å². The SMILES string of the molecule is CCC(CNC(=O)CCc1nc2ccccc2c(=O)n1C1CC1)c1ccccc1. The lowest BCUT2D eigenvalue weighted by Gasteiger charge is -2.17. The Bertz CT molecular complexity index is 1050. The van der Waals surface area contributed by atoms with Crippen molar-refractivity contribution in [2.75, 3.05) is 6.54 Å². The number of hydrogen-bond acceptors (Lipinski definition) is 3. The Kier molecular flexibility index (Phi) is 5.74. The molecular formula is C24H27N3O2. The summed E-state index contributed by atoms with van der Waals surface area (Å²) >= 11 is 0. The first-order valence-electron chi connectivity index (χ1n) is 10.5.